The lowest BCUT2D eigenvalue weighted by molar-refractivity contribution is -0.117. The van der Waals surface area contributed by atoms with Crippen molar-refractivity contribution in [2.24, 2.45) is 4.99 Å². The van der Waals surface area contributed by atoms with Crippen molar-refractivity contribution in [3.8, 4) is 0 Å². The minimum atomic E-state index is -3.13. The van der Waals surface area contributed by atoms with Gasteiger partial charge in [0.2, 0.25) is 0 Å². The third-order valence-electron chi connectivity index (χ3n) is 4.94. The van der Waals surface area contributed by atoms with Gasteiger partial charge in [0.15, 0.2) is 15.0 Å². The minimum absolute atomic E-state index is 0.0239. The van der Waals surface area contributed by atoms with Crippen LogP contribution in [0.25, 0.3) is 0 Å². The summed E-state index contributed by atoms with van der Waals surface area (Å²) in [5.74, 6) is -0.175. The van der Waals surface area contributed by atoms with Gasteiger partial charge >= 0.3 is 0 Å². The summed E-state index contributed by atoms with van der Waals surface area (Å²) in [4.78, 5) is 18.7. The van der Waals surface area contributed by atoms with E-state index >= 15 is 0 Å². The van der Waals surface area contributed by atoms with Crippen molar-refractivity contribution in [2.45, 2.75) is 24.6 Å². The van der Waals surface area contributed by atoms with Crippen molar-refractivity contribution in [2.75, 3.05) is 16.4 Å². The normalized spacial score (nSPS) is 24.1. The lowest BCUT2D eigenvalue weighted by Crippen LogP contribution is -2.37. The van der Waals surface area contributed by atoms with Crippen LogP contribution in [-0.4, -0.2) is 42.3 Å². The molecule has 2 aromatic rings. The molecule has 0 aliphatic carbocycles. The molecule has 2 fully saturated rings. The number of nitrogens with zero attached hydrogens (tertiary/aromatic N) is 2. The largest absolute Gasteiger partial charge is 0.316 e. The highest BCUT2D eigenvalue weighted by Gasteiger charge is 2.49. The summed E-state index contributed by atoms with van der Waals surface area (Å²) in [6, 6.07) is 12.6. The fourth-order valence-electron chi connectivity index (χ4n) is 3.53. The van der Waals surface area contributed by atoms with Gasteiger partial charge in [0.05, 0.1) is 34.0 Å². The Morgan fingerprint density at radius 3 is 2.55 bits per heavy atom. The number of carbonyl (C=O) groups excluding carboxylic acids is 1. The minimum Gasteiger partial charge on any atom is -0.316 e. The molecule has 0 N–H and O–H groups in total. The molecule has 0 aromatic heterocycles. The highest BCUT2D eigenvalue weighted by Crippen LogP contribution is 2.42. The number of sulfone groups is 1. The lowest BCUT2D eigenvalue weighted by Gasteiger charge is -2.24. The molecule has 2 saturated heterocycles. The van der Waals surface area contributed by atoms with Crippen LogP contribution in [0.3, 0.4) is 0 Å². The molecule has 1 amide bonds. The fraction of sp³-hybridized carbons (Fsp3) is 0.300. The van der Waals surface area contributed by atoms with Crippen LogP contribution in [0, 0.1) is 6.92 Å². The molecule has 2 aromatic carbocycles. The van der Waals surface area contributed by atoms with Gasteiger partial charge in [0.25, 0.3) is 5.91 Å². The van der Waals surface area contributed by atoms with Crippen LogP contribution in [-0.2, 0) is 21.1 Å². The molecule has 0 saturated carbocycles. The summed E-state index contributed by atoms with van der Waals surface area (Å²) in [6.45, 7) is 1.99. The molecule has 152 valence electrons. The summed E-state index contributed by atoms with van der Waals surface area (Å²) in [5, 5.41) is 1.11. The Bertz CT molecular complexity index is 1100. The van der Waals surface area contributed by atoms with Gasteiger partial charge < -0.3 is 4.90 Å². The van der Waals surface area contributed by atoms with Crippen molar-refractivity contribution in [1.29, 1.82) is 0 Å². The highest BCUT2D eigenvalue weighted by molar-refractivity contribution is 8.16. The van der Waals surface area contributed by atoms with Crippen LogP contribution in [0.2, 0.25) is 10.0 Å². The van der Waals surface area contributed by atoms with Gasteiger partial charge in [-0.15, -0.1) is 0 Å². The summed E-state index contributed by atoms with van der Waals surface area (Å²) >= 11 is 13.5. The van der Waals surface area contributed by atoms with E-state index in [1.807, 2.05) is 36.1 Å². The predicted octanol–water partition coefficient (Wildman–Crippen LogP) is 4.15. The summed E-state index contributed by atoms with van der Waals surface area (Å²) in [6.07, 6.45) is 0.188. The number of hydrogen-bond donors (Lipinski definition) is 0. The van der Waals surface area contributed by atoms with E-state index in [-0.39, 0.29) is 35.1 Å². The lowest BCUT2D eigenvalue weighted by atomic mass is 10.1. The second-order valence-corrected chi connectivity index (χ2v) is 11.4. The molecule has 0 bridgehead atoms. The Balaban J connectivity index is 1.65. The zero-order chi connectivity index (χ0) is 20.8. The molecule has 2 heterocycles. The maximum absolute atomic E-state index is 12.6. The average molecular weight is 469 g/mol. The molecule has 0 unspecified atom stereocenters. The molecule has 5 nitrogen and oxygen atoms in total. The van der Waals surface area contributed by atoms with Gasteiger partial charge in [0.1, 0.15) is 0 Å². The number of benzene rings is 2. The first-order chi connectivity index (χ1) is 13.7. The zero-order valence-corrected chi connectivity index (χ0v) is 18.7. The third kappa shape index (κ3) is 4.48. The van der Waals surface area contributed by atoms with Crippen LogP contribution in [0.4, 0.5) is 5.69 Å². The molecule has 2 aliphatic heterocycles. The molecular weight excluding hydrogens is 451 g/mol. The van der Waals surface area contributed by atoms with Crippen molar-refractivity contribution in [3.05, 3.63) is 63.6 Å². The zero-order valence-electron chi connectivity index (χ0n) is 15.5. The van der Waals surface area contributed by atoms with Gasteiger partial charge in [0, 0.05) is 10.9 Å². The van der Waals surface area contributed by atoms with Crippen molar-refractivity contribution in [3.63, 3.8) is 0 Å². The van der Waals surface area contributed by atoms with E-state index in [0.29, 0.717) is 20.9 Å². The number of anilines is 1. The fourth-order valence-corrected chi connectivity index (χ4v) is 7.75. The smallest absolute Gasteiger partial charge is 0.252 e. The topological polar surface area (TPSA) is 66.8 Å². The number of aliphatic imine (C=N–C) groups is 1. The molecule has 9 heteroatoms. The Labute approximate surface area is 184 Å². The number of hydrogen-bond acceptors (Lipinski definition) is 4. The van der Waals surface area contributed by atoms with E-state index in [0.717, 1.165) is 11.1 Å². The number of rotatable bonds is 3. The number of aryl methyl sites for hydroxylation is 1. The summed E-state index contributed by atoms with van der Waals surface area (Å²) in [7, 11) is -3.13. The van der Waals surface area contributed by atoms with E-state index in [9.17, 15) is 13.2 Å². The molecular formula is C20H18Cl2N2O3S2. The quantitative estimate of drug-likeness (QED) is 0.676. The number of thioether (sulfide) groups is 1. The van der Waals surface area contributed by atoms with Crippen molar-refractivity contribution in [1.82, 2.24) is 0 Å². The van der Waals surface area contributed by atoms with Crippen LogP contribution >= 0.6 is 35.0 Å². The maximum atomic E-state index is 12.6. The number of halogens is 2. The molecule has 29 heavy (non-hydrogen) atoms. The average Bonchev–Trinajstić information content (AvgIpc) is 3.10. The van der Waals surface area contributed by atoms with Gasteiger partial charge in [-0.2, -0.15) is 4.99 Å². The first-order valence-corrected chi connectivity index (χ1v) is 12.5. The molecule has 0 radical (unpaired) electrons. The van der Waals surface area contributed by atoms with Crippen molar-refractivity contribution < 1.29 is 13.2 Å². The van der Waals surface area contributed by atoms with Crippen LogP contribution in [0.15, 0.2) is 47.5 Å². The molecule has 4 rings (SSSR count). The number of carbonyl (C=O) groups is 1. The Kier molecular flexibility index (Phi) is 5.68. The van der Waals surface area contributed by atoms with E-state index < -0.39 is 9.84 Å². The number of amides is 1. The van der Waals surface area contributed by atoms with Crippen molar-refractivity contribution >= 4 is 61.6 Å². The second-order valence-electron chi connectivity index (χ2n) is 7.22. The van der Waals surface area contributed by atoms with E-state index in [4.69, 9.17) is 23.2 Å². The number of amidine groups is 1. The Morgan fingerprint density at radius 1 is 1.14 bits per heavy atom. The monoisotopic (exact) mass is 468 g/mol. The number of fused-ring (bicyclic) bond motifs is 1. The maximum Gasteiger partial charge on any atom is 0.252 e. The first kappa shape index (κ1) is 20.7. The van der Waals surface area contributed by atoms with Crippen LogP contribution in [0.1, 0.15) is 11.1 Å². The summed E-state index contributed by atoms with van der Waals surface area (Å²) in [5.41, 5.74) is 2.69. The highest BCUT2D eigenvalue weighted by atomic mass is 35.5. The summed E-state index contributed by atoms with van der Waals surface area (Å²) < 4.78 is 24.3. The molecule has 2 atom stereocenters. The van der Waals surface area contributed by atoms with Crippen LogP contribution in [0.5, 0.6) is 0 Å². The Morgan fingerprint density at radius 2 is 1.86 bits per heavy atom. The van der Waals surface area contributed by atoms with Crippen LogP contribution < -0.4 is 4.90 Å². The van der Waals surface area contributed by atoms with E-state index in [2.05, 4.69) is 4.99 Å². The van der Waals surface area contributed by atoms with Gasteiger partial charge in [-0.1, -0.05) is 64.8 Å². The van der Waals surface area contributed by atoms with Gasteiger partial charge in [-0.05, 0) is 30.7 Å². The molecule has 0 spiro atoms. The van der Waals surface area contributed by atoms with Gasteiger partial charge in [-0.25, -0.2) is 8.42 Å². The second kappa shape index (κ2) is 7.95. The SMILES string of the molecule is Cc1ccc(CC(=O)N=C2S[C@H]3CS(=O)(=O)C[C@@H]3N2c2ccc(Cl)c(Cl)c2)cc1. The first-order valence-electron chi connectivity index (χ1n) is 9.00. The Hall–Kier alpha value is -1.54. The third-order valence-corrected chi connectivity index (χ3v) is 8.89. The van der Waals surface area contributed by atoms with E-state index in [1.165, 1.54) is 11.8 Å². The van der Waals surface area contributed by atoms with Gasteiger partial charge in [-0.3, -0.25) is 4.79 Å². The predicted molar refractivity (Wildman–Crippen MR) is 120 cm³/mol. The standard InChI is InChI=1S/C20H18Cl2N2O3S2/c1-12-2-4-13(5-3-12)8-19(25)23-20-24(14-6-7-15(21)16(22)9-14)17-10-29(26,27)11-18(17)28-20/h2-7,9,17-18H,8,10-11H2,1H3/t17-,18-/m0/s1. The van der Waals surface area contributed by atoms with E-state index in [1.54, 1.807) is 18.2 Å². The molecule has 2 aliphatic rings.